The number of nitrogens with zero attached hydrogens (tertiary/aromatic N) is 1. The molecule has 4 heteroatoms. The minimum atomic E-state index is 0.483. The third kappa shape index (κ3) is 2.20. The fourth-order valence-electron chi connectivity index (χ4n) is 1.46. The van der Waals surface area contributed by atoms with E-state index in [4.69, 9.17) is 34.8 Å². The van der Waals surface area contributed by atoms with Crippen LogP contribution in [0.15, 0.2) is 24.3 Å². The van der Waals surface area contributed by atoms with Gasteiger partial charge in [0.2, 0.25) is 0 Å². The molecule has 0 atom stereocenters. The first-order valence-corrected chi connectivity index (χ1v) is 5.81. The van der Waals surface area contributed by atoms with Crippen molar-refractivity contribution in [2.75, 3.05) is 5.88 Å². The standard InChI is InChI=1S/C11H8Cl3N/c12-5-4-8-6-7-2-1-3-9(13)10(7)15-11(8)14/h1-3,6H,4-5H2. The zero-order chi connectivity index (χ0) is 10.8. The fourth-order valence-corrected chi connectivity index (χ4v) is 2.12. The van der Waals surface area contributed by atoms with Crippen molar-refractivity contribution in [1.82, 2.24) is 4.98 Å². The van der Waals surface area contributed by atoms with Crippen LogP contribution in [0.25, 0.3) is 10.9 Å². The van der Waals surface area contributed by atoms with Crippen LogP contribution in [0.1, 0.15) is 5.56 Å². The SMILES string of the molecule is ClCCc1cc2cccc(Cl)c2nc1Cl. The van der Waals surface area contributed by atoms with Gasteiger partial charge in [-0.15, -0.1) is 11.6 Å². The Kier molecular flexibility index (Phi) is 3.35. The van der Waals surface area contributed by atoms with Crippen LogP contribution in [-0.2, 0) is 6.42 Å². The molecule has 2 rings (SSSR count). The molecular weight excluding hydrogens is 252 g/mol. The summed E-state index contributed by atoms with van der Waals surface area (Å²) in [6.45, 7) is 0. The Morgan fingerprint density at radius 3 is 2.73 bits per heavy atom. The summed E-state index contributed by atoms with van der Waals surface area (Å²) in [6.07, 6.45) is 0.718. The minimum Gasteiger partial charge on any atom is -0.234 e. The summed E-state index contributed by atoms with van der Waals surface area (Å²) in [5.74, 6) is 0.535. The van der Waals surface area contributed by atoms with Gasteiger partial charge >= 0.3 is 0 Å². The zero-order valence-corrected chi connectivity index (χ0v) is 10.1. The molecule has 0 N–H and O–H groups in total. The predicted molar refractivity (Wildman–Crippen MR) is 66.2 cm³/mol. The maximum absolute atomic E-state index is 6.03. The molecule has 0 unspecified atom stereocenters. The Bertz CT molecular complexity index is 496. The third-order valence-corrected chi connectivity index (χ3v) is 3.01. The first-order chi connectivity index (χ1) is 7.22. The average molecular weight is 261 g/mol. The molecule has 0 fully saturated rings. The molecule has 15 heavy (non-hydrogen) atoms. The second-order valence-corrected chi connectivity index (χ2v) is 4.33. The monoisotopic (exact) mass is 259 g/mol. The van der Waals surface area contributed by atoms with Crippen LogP contribution < -0.4 is 0 Å². The van der Waals surface area contributed by atoms with E-state index in [0.717, 1.165) is 22.9 Å². The zero-order valence-electron chi connectivity index (χ0n) is 7.80. The first kappa shape index (κ1) is 11.0. The maximum atomic E-state index is 6.03. The number of hydrogen-bond donors (Lipinski definition) is 0. The predicted octanol–water partition coefficient (Wildman–Crippen LogP) is 4.32. The Hall–Kier alpha value is -0.500. The lowest BCUT2D eigenvalue weighted by Gasteiger charge is -2.05. The van der Waals surface area contributed by atoms with Gasteiger partial charge in [0.1, 0.15) is 5.15 Å². The van der Waals surface area contributed by atoms with E-state index in [2.05, 4.69) is 4.98 Å². The van der Waals surface area contributed by atoms with Gasteiger partial charge < -0.3 is 0 Å². The number of rotatable bonds is 2. The molecule has 0 spiro atoms. The molecule has 1 aromatic heterocycles. The van der Waals surface area contributed by atoms with E-state index in [9.17, 15) is 0 Å². The second-order valence-electron chi connectivity index (χ2n) is 3.19. The number of hydrogen-bond acceptors (Lipinski definition) is 1. The van der Waals surface area contributed by atoms with Crippen LogP contribution in [0.4, 0.5) is 0 Å². The number of para-hydroxylation sites is 1. The van der Waals surface area contributed by atoms with E-state index in [1.54, 1.807) is 6.07 Å². The van der Waals surface area contributed by atoms with Crippen molar-refractivity contribution in [1.29, 1.82) is 0 Å². The van der Waals surface area contributed by atoms with E-state index < -0.39 is 0 Å². The van der Waals surface area contributed by atoms with Crippen molar-refractivity contribution < 1.29 is 0 Å². The van der Waals surface area contributed by atoms with Gasteiger partial charge in [-0.2, -0.15) is 0 Å². The molecule has 1 nitrogen and oxygen atoms in total. The maximum Gasteiger partial charge on any atom is 0.133 e. The quantitative estimate of drug-likeness (QED) is 0.579. The molecule has 0 amide bonds. The number of alkyl halides is 1. The average Bonchev–Trinajstić information content (AvgIpc) is 2.21. The van der Waals surface area contributed by atoms with Crippen LogP contribution in [0.3, 0.4) is 0 Å². The van der Waals surface area contributed by atoms with Crippen molar-refractivity contribution in [3.05, 3.63) is 40.0 Å². The van der Waals surface area contributed by atoms with E-state index >= 15 is 0 Å². The van der Waals surface area contributed by atoms with Gasteiger partial charge in [0.15, 0.2) is 0 Å². The molecule has 0 saturated heterocycles. The number of fused-ring (bicyclic) bond motifs is 1. The van der Waals surface area contributed by atoms with Gasteiger partial charge in [0.25, 0.3) is 0 Å². The van der Waals surface area contributed by atoms with Crippen LogP contribution in [0.2, 0.25) is 10.2 Å². The largest absolute Gasteiger partial charge is 0.234 e. The van der Waals surface area contributed by atoms with Crippen molar-refractivity contribution in [3.63, 3.8) is 0 Å². The van der Waals surface area contributed by atoms with E-state index in [-0.39, 0.29) is 0 Å². The Morgan fingerprint density at radius 1 is 1.20 bits per heavy atom. The molecule has 0 radical (unpaired) electrons. The van der Waals surface area contributed by atoms with Crippen LogP contribution >= 0.6 is 34.8 Å². The van der Waals surface area contributed by atoms with Crippen LogP contribution in [0, 0.1) is 0 Å². The van der Waals surface area contributed by atoms with Gasteiger partial charge in [-0.1, -0.05) is 35.3 Å². The summed E-state index contributed by atoms with van der Waals surface area (Å²) in [6, 6.07) is 7.64. The van der Waals surface area contributed by atoms with Crippen molar-refractivity contribution >= 4 is 45.7 Å². The molecule has 0 aliphatic heterocycles. The highest BCUT2D eigenvalue weighted by Gasteiger charge is 2.06. The van der Waals surface area contributed by atoms with E-state index in [1.165, 1.54) is 0 Å². The summed E-state index contributed by atoms with van der Waals surface area (Å²) in [4.78, 5) is 4.27. The summed E-state index contributed by atoms with van der Waals surface area (Å²) < 4.78 is 0. The van der Waals surface area contributed by atoms with Crippen molar-refractivity contribution in [2.45, 2.75) is 6.42 Å². The van der Waals surface area contributed by atoms with Crippen molar-refractivity contribution in [3.8, 4) is 0 Å². The second kappa shape index (κ2) is 4.56. The molecule has 78 valence electrons. The lowest BCUT2D eigenvalue weighted by molar-refractivity contribution is 1.13. The first-order valence-electron chi connectivity index (χ1n) is 4.52. The van der Waals surface area contributed by atoms with E-state index in [0.29, 0.717) is 16.1 Å². The summed E-state index contributed by atoms with van der Waals surface area (Å²) in [7, 11) is 0. The molecule has 0 aliphatic rings. The Labute approximate surface area is 103 Å². The third-order valence-electron chi connectivity index (χ3n) is 2.19. The van der Waals surface area contributed by atoms with Crippen molar-refractivity contribution in [2.24, 2.45) is 0 Å². The highest BCUT2D eigenvalue weighted by atomic mass is 35.5. The summed E-state index contributed by atoms with van der Waals surface area (Å²) in [5, 5.41) is 2.09. The van der Waals surface area contributed by atoms with Gasteiger partial charge in [-0.05, 0) is 24.1 Å². The molecule has 1 heterocycles. The lowest BCUT2D eigenvalue weighted by atomic mass is 10.1. The highest BCUT2D eigenvalue weighted by molar-refractivity contribution is 6.36. The van der Waals surface area contributed by atoms with Gasteiger partial charge in [0, 0.05) is 11.3 Å². The van der Waals surface area contributed by atoms with Gasteiger partial charge in [-0.3, -0.25) is 0 Å². The van der Waals surface area contributed by atoms with Crippen LogP contribution in [0.5, 0.6) is 0 Å². The fraction of sp³-hybridized carbons (Fsp3) is 0.182. The van der Waals surface area contributed by atoms with E-state index in [1.807, 2.05) is 18.2 Å². The topological polar surface area (TPSA) is 12.9 Å². The number of aryl methyl sites for hydroxylation is 1. The Morgan fingerprint density at radius 2 is 2.00 bits per heavy atom. The molecule has 0 aliphatic carbocycles. The molecular formula is C11H8Cl3N. The van der Waals surface area contributed by atoms with Gasteiger partial charge in [-0.25, -0.2) is 4.98 Å². The summed E-state index contributed by atoms with van der Waals surface area (Å²) in [5.41, 5.74) is 1.70. The van der Waals surface area contributed by atoms with Crippen LogP contribution in [-0.4, -0.2) is 10.9 Å². The number of benzene rings is 1. The number of halogens is 3. The number of pyridine rings is 1. The molecule has 0 saturated carbocycles. The lowest BCUT2D eigenvalue weighted by Crippen LogP contribution is -1.92. The molecule has 1 aromatic carbocycles. The van der Waals surface area contributed by atoms with Gasteiger partial charge in [0.05, 0.1) is 10.5 Å². The summed E-state index contributed by atoms with van der Waals surface area (Å²) >= 11 is 17.7. The normalized spacial score (nSPS) is 10.9. The Balaban J connectivity index is 2.65. The minimum absolute atomic E-state index is 0.483. The highest BCUT2D eigenvalue weighted by Crippen LogP contribution is 2.26. The molecule has 2 aromatic rings. The number of aromatic nitrogens is 1. The smallest absolute Gasteiger partial charge is 0.133 e. The molecule has 0 bridgehead atoms.